The quantitative estimate of drug-likeness (QED) is 0.870. The van der Waals surface area contributed by atoms with E-state index in [4.69, 9.17) is 10.5 Å². The molecule has 1 aromatic rings. The van der Waals surface area contributed by atoms with Crippen LogP contribution in [0.25, 0.3) is 0 Å². The van der Waals surface area contributed by atoms with Gasteiger partial charge in [0.05, 0.1) is 11.0 Å². The van der Waals surface area contributed by atoms with Crippen LogP contribution >= 0.6 is 0 Å². The van der Waals surface area contributed by atoms with Crippen LogP contribution in [0.3, 0.4) is 0 Å². The predicted molar refractivity (Wildman–Crippen MR) is 78.2 cm³/mol. The molecule has 0 spiro atoms. The normalized spacial score (nSPS) is 13.6. The Bertz CT molecular complexity index is 521. The van der Waals surface area contributed by atoms with E-state index in [9.17, 15) is 8.42 Å². The van der Waals surface area contributed by atoms with Gasteiger partial charge in [-0.3, -0.25) is 0 Å². The highest BCUT2D eigenvalue weighted by molar-refractivity contribution is 7.91. The molecule has 0 aromatic heterocycles. The van der Waals surface area contributed by atoms with Crippen molar-refractivity contribution in [1.82, 2.24) is 0 Å². The van der Waals surface area contributed by atoms with E-state index in [-0.39, 0.29) is 23.7 Å². The van der Waals surface area contributed by atoms with Crippen LogP contribution in [0.5, 0.6) is 5.75 Å². The van der Waals surface area contributed by atoms with Crippen molar-refractivity contribution in [3.63, 3.8) is 0 Å². The van der Waals surface area contributed by atoms with E-state index >= 15 is 0 Å². The maximum atomic E-state index is 11.7. The first-order chi connectivity index (χ1) is 8.74. The van der Waals surface area contributed by atoms with Gasteiger partial charge in [-0.15, -0.1) is 0 Å². The third-order valence-corrected chi connectivity index (χ3v) is 5.24. The summed E-state index contributed by atoms with van der Waals surface area (Å²) >= 11 is 0. The molecule has 108 valence electrons. The minimum Gasteiger partial charge on any atom is -0.492 e. The van der Waals surface area contributed by atoms with Crippen LogP contribution in [0.15, 0.2) is 18.2 Å². The first-order valence-electron chi connectivity index (χ1n) is 6.44. The highest BCUT2D eigenvalue weighted by atomic mass is 32.2. The van der Waals surface area contributed by atoms with Crippen molar-refractivity contribution in [3.8, 4) is 5.75 Å². The summed E-state index contributed by atoms with van der Waals surface area (Å²) in [5.74, 6) is 0.752. The lowest BCUT2D eigenvalue weighted by molar-refractivity contribution is 0.338. The zero-order valence-electron chi connectivity index (χ0n) is 12.0. The van der Waals surface area contributed by atoms with Gasteiger partial charge >= 0.3 is 0 Å². The van der Waals surface area contributed by atoms with Crippen molar-refractivity contribution in [1.29, 1.82) is 0 Å². The third-order valence-electron chi connectivity index (χ3n) is 3.07. The number of ether oxygens (including phenoxy) is 1. The zero-order valence-corrected chi connectivity index (χ0v) is 12.8. The molecule has 0 heterocycles. The van der Waals surface area contributed by atoms with E-state index < -0.39 is 9.84 Å². The monoisotopic (exact) mass is 285 g/mol. The standard InChI is InChI=1S/C14H23NO3S/c1-10(2)19(16,17)8-7-18-14-6-5-13(12(4)15)9-11(14)3/h5-6,9-10,12H,7-8,15H2,1-4H3/t12-/m0/s1. The van der Waals surface area contributed by atoms with Crippen molar-refractivity contribution in [2.24, 2.45) is 5.73 Å². The number of hydrogen-bond acceptors (Lipinski definition) is 4. The largest absolute Gasteiger partial charge is 0.492 e. The van der Waals surface area contributed by atoms with E-state index in [0.717, 1.165) is 11.1 Å². The van der Waals surface area contributed by atoms with Crippen LogP contribution in [-0.4, -0.2) is 26.0 Å². The average molecular weight is 285 g/mol. The fraction of sp³-hybridized carbons (Fsp3) is 0.571. The maximum Gasteiger partial charge on any atom is 0.155 e. The molecule has 0 saturated carbocycles. The Morgan fingerprint density at radius 2 is 1.89 bits per heavy atom. The Morgan fingerprint density at radius 3 is 2.37 bits per heavy atom. The molecule has 0 saturated heterocycles. The lowest BCUT2D eigenvalue weighted by Crippen LogP contribution is -2.22. The van der Waals surface area contributed by atoms with E-state index in [1.54, 1.807) is 13.8 Å². The fourth-order valence-corrected chi connectivity index (χ4v) is 2.41. The summed E-state index contributed by atoms with van der Waals surface area (Å²) in [6.45, 7) is 7.39. The molecular weight excluding hydrogens is 262 g/mol. The fourth-order valence-electron chi connectivity index (χ4n) is 1.62. The van der Waals surface area contributed by atoms with Gasteiger partial charge in [0.1, 0.15) is 12.4 Å². The van der Waals surface area contributed by atoms with Crippen molar-refractivity contribution < 1.29 is 13.2 Å². The van der Waals surface area contributed by atoms with Gasteiger partial charge in [-0.05, 0) is 44.9 Å². The van der Waals surface area contributed by atoms with E-state index in [1.807, 2.05) is 32.0 Å². The van der Waals surface area contributed by atoms with Gasteiger partial charge in [0.15, 0.2) is 9.84 Å². The number of benzene rings is 1. The van der Waals surface area contributed by atoms with Crippen molar-refractivity contribution >= 4 is 9.84 Å². The number of rotatable bonds is 6. The second-order valence-electron chi connectivity index (χ2n) is 5.08. The molecule has 0 bridgehead atoms. The minimum atomic E-state index is -3.05. The van der Waals surface area contributed by atoms with Gasteiger partial charge in [0, 0.05) is 6.04 Å². The van der Waals surface area contributed by atoms with Crippen LogP contribution < -0.4 is 10.5 Å². The molecule has 5 heteroatoms. The van der Waals surface area contributed by atoms with Crippen molar-refractivity contribution in [3.05, 3.63) is 29.3 Å². The molecule has 0 amide bonds. The van der Waals surface area contributed by atoms with Crippen LogP contribution in [0.4, 0.5) is 0 Å². The van der Waals surface area contributed by atoms with Gasteiger partial charge < -0.3 is 10.5 Å². The molecule has 19 heavy (non-hydrogen) atoms. The topological polar surface area (TPSA) is 69.4 Å². The number of aryl methyl sites for hydroxylation is 1. The maximum absolute atomic E-state index is 11.7. The Balaban J connectivity index is 2.65. The van der Waals surface area contributed by atoms with Gasteiger partial charge in [0.2, 0.25) is 0 Å². The molecule has 1 aromatic carbocycles. The summed E-state index contributed by atoms with van der Waals surface area (Å²) < 4.78 is 28.8. The Morgan fingerprint density at radius 1 is 1.26 bits per heavy atom. The third kappa shape index (κ3) is 4.51. The summed E-state index contributed by atoms with van der Waals surface area (Å²) in [6, 6.07) is 5.70. The lowest BCUT2D eigenvalue weighted by Gasteiger charge is -2.13. The molecule has 0 fully saturated rings. The van der Waals surface area contributed by atoms with Gasteiger partial charge in [-0.1, -0.05) is 12.1 Å². The molecule has 0 aliphatic carbocycles. The predicted octanol–water partition coefficient (Wildman–Crippen LogP) is 2.22. The molecular formula is C14H23NO3S. The Labute approximate surface area is 115 Å². The highest BCUT2D eigenvalue weighted by Crippen LogP contribution is 2.21. The first kappa shape index (κ1) is 16.0. The minimum absolute atomic E-state index is 0.0194. The van der Waals surface area contributed by atoms with Crippen LogP contribution in [0.2, 0.25) is 0 Å². The van der Waals surface area contributed by atoms with Crippen molar-refractivity contribution in [2.45, 2.75) is 39.0 Å². The summed E-state index contributed by atoms with van der Waals surface area (Å²) in [5.41, 5.74) is 7.81. The average Bonchev–Trinajstić information content (AvgIpc) is 2.30. The lowest BCUT2D eigenvalue weighted by atomic mass is 10.1. The van der Waals surface area contributed by atoms with E-state index in [0.29, 0.717) is 5.75 Å². The molecule has 4 nitrogen and oxygen atoms in total. The zero-order chi connectivity index (χ0) is 14.6. The molecule has 0 radical (unpaired) electrons. The molecule has 2 N–H and O–H groups in total. The smallest absolute Gasteiger partial charge is 0.155 e. The summed E-state index contributed by atoms with van der Waals surface area (Å²) in [4.78, 5) is 0. The Hall–Kier alpha value is -1.07. The van der Waals surface area contributed by atoms with Gasteiger partial charge in [-0.25, -0.2) is 8.42 Å². The summed E-state index contributed by atoms with van der Waals surface area (Å²) in [7, 11) is -3.05. The molecule has 0 aliphatic rings. The van der Waals surface area contributed by atoms with Crippen molar-refractivity contribution in [2.75, 3.05) is 12.4 Å². The van der Waals surface area contributed by atoms with E-state index in [1.165, 1.54) is 0 Å². The highest BCUT2D eigenvalue weighted by Gasteiger charge is 2.16. The number of hydrogen-bond donors (Lipinski definition) is 1. The molecule has 0 unspecified atom stereocenters. The summed E-state index contributed by atoms with van der Waals surface area (Å²) in [6.07, 6.45) is 0. The van der Waals surface area contributed by atoms with E-state index in [2.05, 4.69) is 0 Å². The van der Waals surface area contributed by atoms with Crippen LogP contribution in [0.1, 0.15) is 37.9 Å². The SMILES string of the molecule is Cc1cc([C@H](C)N)ccc1OCCS(=O)(=O)C(C)C. The van der Waals surface area contributed by atoms with Crippen LogP contribution in [0, 0.1) is 6.92 Å². The summed E-state index contributed by atoms with van der Waals surface area (Å²) in [5, 5.41) is -0.363. The number of sulfone groups is 1. The number of nitrogens with two attached hydrogens (primary N) is 1. The van der Waals surface area contributed by atoms with Gasteiger partial charge in [0.25, 0.3) is 0 Å². The molecule has 1 atom stereocenters. The molecule has 1 rings (SSSR count). The second-order valence-corrected chi connectivity index (χ2v) is 7.75. The van der Waals surface area contributed by atoms with Crippen LogP contribution in [-0.2, 0) is 9.84 Å². The van der Waals surface area contributed by atoms with Gasteiger partial charge in [-0.2, -0.15) is 0 Å². The molecule has 0 aliphatic heterocycles. The first-order valence-corrected chi connectivity index (χ1v) is 8.16. The Kier molecular flexibility index (Phi) is 5.38. The second kappa shape index (κ2) is 6.39.